The van der Waals surface area contributed by atoms with Crippen LogP contribution in [0.2, 0.25) is 0 Å². The normalized spacial score (nSPS) is 19.1. The van der Waals surface area contributed by atoms with Gasteiger partial charge >= 0.3 is 0 Å². The van der Waals surface area contributed by atoms with Crippen LogP contribution in [0, 0.1) is 5.92 Å². The number of ketones is 1. The maximum absolute atomic E-state index is 12.5. The Morgan fingerprint density at radius 1 is 1.22 bits per heavy atom. The predicted molar refractivity (Wildman–Crippen MR) is 92.3 cm³/mol. The molecule has 2 aromatic heterocycles. The fraction of sp³-hybridized carbons (Fsp3) is 0.562. The van der Waals surface area contributed by atoms with E-state index in [2.05, 4.69) is 25.6 Å². The van der Waals surface area contributed by atoms with Crippen molar-refractivity contribution in [2.24, 2.45) is 5.92 Å². The van der Waals surface area contributed by atoms with Crippen molar-refractivity contribution < 1.29 is 4.79 Å². The van der Waals surface area contributed by atoms with Crippen molar-refractivity contribution in [3.05, 3.63) is 18.0 Å². The number of aromatic amines is 1. The summed E-state index contributed by atoms with van der Waals surface area (Å²) < 4.78 is 0. The number of nitrogens with one attached hydrogen (secondary N) is 3. The third kappa shape index (κ3) is 3.19. The number of carbonyl (C=O) groups is 1. The highest BCUT2D eigenvalue weighted by Crippen LogP contribution is 2.31. The van der Waals surface area contributed by atoms with Crippen LogP contribution in [0.1, 0.15) is 42.5 Å². The first-order valence-corrected chi connectivity index (χ1v) is 8.17. The molecule has 0 amide bonds. The van der Waals surface area contributed by atoms with E-state index in [0.717, 1.165) is 51.0 Å². The Kier molecular flexibility index (Phi) is 4.82. The maximum Gasteiger partial charge on any atom is 0.169 e. The molecule has 0 aromatic carbocycles. The van der Waals surface area contributed by atoms with Crippen LogP contribution in [-0.4, -0.2) is 39.9 Å². The van der Waals surface area contributed by atoms with Gasteiger partial charge in [0.05, 0.1) is 11.8 Å². The molecule has 23 heavy (non-hydrogen) atoms. The molecule has 2 aliphatic rings. The standard InChI is InChI=1S/C16H21N5O.ClH/c22-15(10-2-1-3-10)12-8-18-16-14(12)21-13(9-19-16)20-11-4-6-17-7-5-11;/h8-11,17H,1-7H2,(H,18,19)(H,20,21);1H. The van der Waals surface area contributed by atoms with Gasteiger partial charge in [-0.05, 0) is 38.8 Å². The predicted octanol–water partition coefficient (Wildman–Crippen LogP) is 2.53. The van der Waals surface area contributed by atoms with E-state index in [1.807, 2.05) is 0 Å². The number of halogens is 1. The number of fused-ring (bicyclic) bond motifs is 1. The Bertz CT molecular complexity index is 691. The van der Waals surface area contributed by atoms with E-state index in [1.54, 1.807) is 12.4 Å². The van der Waals surface area contributed by atoms with Crippen molar-refractivity contribution in [1.82, 2.24) is 20.3 Å². The molecular formula is C16H22ClN5O. The highest BCUT2D eigenvalue weighted by molar-refractivity contribution is 6.07. The van der Waals surface area contributed by atoms with Crippen molar-refractivity contribution in [1.29, 1.82) is 0 Å². The van der Waals surface area contributed by atoms with Gasteiger partial charge in [-0.3, -0.25) is 4.79 Å². The fourth-order valence-corrected chi connectivity index (χ4v) is 3.21. The summed E-state index contributed by atoms with van der Waals surface area (Å²) in [5.41, 5.74) is 2.09. The lowest BCUT2D eigenvalue weighted by atomic mass is 9.80. The van der Waals surface area contributed by atoms with Crippen molar-refractivity contribution in [2.75, 3.05) is 18.4 Å². The zero-order chi connectivity index (χ0) is 14.9. The first-order chi connectivity index (χ1) is 10.8. The summed E-state index contributed by atoms with van der Waals surface area (Å²) in [6, 6.07) is 0.428. The third-order valence-corrected chi connectivity index (χ3v) is 4.81. The Morgan fingerprint density at radius 3 is 2.70 bits per heavy atom. The summed E-state index contributed by atoms with van der Waals surface area (Å²) in [6.07, 6.45) is 8.85. The summed E-state index contributed by atoms with van der Waals surface area (Å²) in [6.45, 7) is 2.06. The number of aromatic nitrogens is 3. The molecule has 0 atom stereocenters. The quantitative estimate of drug-likeness (QED) is 0.748. The monoisotopic (exact) mass is 335 g/mol. The molecule has 4 rings (SSSR count). The topological polar surface area (TPSA) is 82.7 Å². The minimum atomic E-state index is 0. The number of piperidine rings is 1. The second kappa shape index (κ2) is 6.84. The van der Waals surface area contributed by atoms with Crippen molar-refractivity contribution in [2.45, 2.75) is 38.1 Å². The van der Waals surface area contributed by atoms with Gasteiger partial charge in [-0.2, -0.15) is 0 Å². The zero-order valence-corrected chi connectivity index (χ0v) is 13.8. The van der Waals surface area contributed by atoms with Crippen LogP contribution in [0.4, 0.5) is 5.82 Å². The second-order valence-corrected chi connectivity index (χ2v) is 6.32. The van der Waals surface area contributed by atoms with Crippen LogP contribution in [0.5, 0.6) is 0 Å². The number of anilines is 1. The lowest BCUT2D eigenvalue weighted by Crippen LogP contribution is -2.35. The smallest absolute Gasteiger partial charge is 0.169 e. The van der Waals surface area contributed by atoms with Gasteiger partial charge in [0, 0.05) is 18.2 Å². The fourth-order valence-electron chi connectivity index (χ4n) is 3.21. The first-order valence-electron chi connectivity index (χ1n) is 8.17. The van der Waals surface area contributed by atoms with Crippen molar-refractivity contribution in [3.63, 3.8) is 0 Å². The van der Waals surface area contributed by atoms with Crippen LogP contribution < -0.4 is 10.6 Å². The number of H-pyrrole nitrogens is 1. The Labute approximate surface area is 141 Å². The van der Waals surface area contributed by atoms with Gasteiger partial charge in [0.25, 0.3) is 0 Å². The van der Waals surface area contributed by atoms with Gasteiger partial charge < -0.3 is 15.6 Å². The average molecular weight is 336 g/mol. The Balaban J connectivity index is 0.00000156. The highest BCUT2D eigenvalue weighted by Gasteiger charge is 2.28. The van der Waals surface area contributed by atoms with Crippen LogP contribution in [0.3, 0.4) is 0 Å². The molecule has 6 nitrogen and oxygen atoms in total. The molecule has 1 aliphatic carbocycles. The molecule has 1 saturated heterocycles. The van der Waals surface area contributed by atoms with E-state index in [1.165, 1.54) is 0 Å². The van der Waals surface area contributed by atoms with E-state index >= 15 is 0 Å². The number of rotatable bonds is 4. The second-order valence-electron chi connectivity index (χ2n) is 6.32. The van der Waals surface area contributed by atoms with E-state index in [4.69, 9.17) is 0 Å². The minimum absolute atomic E-state index is 0. The number of Topliss-reactive ketones (excluding diaryl/α,β-unsaturated/α-hetero) is 1. The van der Waals surface area contributed by atoms with E-state index in [0.29, 0.717) is 22.8 Å². The Morgan fingerprint density at radius 2 is 2.00 bits per heavy atom. The van der Waals surface area contributed by atoms with Gasteiger partial charge in [-0.15, -0.1) is 12.4 Å². The zero-order valence-electron chi connectivity index (χ0n) is 13.0. The van der Waals surface area contributed by atoms with Crippen LogP contribution in [0.15, 0.2) is 12.4 Å². The van der Waals surface area contributed by atoms with Crippen molar-refractivity contribution in [3.8, 4) is 0 Å². The number of hydrogen-bond acceptors (Lipinski definition) is 5. The molecule has 2 aromatic rings. The van der Waals surface area contributed by atoms with Gasteiger partial charge in [-0.25, -0.2) is 9.97 Å². The lowest BCUT2D eigenvalue weighted by Gasteiger charge is -2.24. The summed E-state index contributed by atoms with van der Waals surface area (Å²) in [5, 5.41) is 6.80. The van der Waals surface area contributed by atoms with Crippen LogP contribution in [0.25, 0.3) is 11.2 Å². The summed E-state index contributed by atoms with van der Waals surface area (Å²) >= 11 is 0. The van der Waals surface area contributed by atoms with Gasteiger partial charge in [0.2, 0.25) is 0 Å². The molecular weight excluding hydrogens is 314 g/mol. The number of hydrogen-bond donors (Lipinski definition) is 3. The molecule has 0 unspecified atom stereocenters. The summed E-state index contributed by atoms with van der Waals surface area (Å²) in [5.74, 6) is 1.16. The molecule has 2 fully saturated rings. The third-order valence-electron chi connectivity index (χ3n) is 4.81. The van der Waals surface area contributed by atoms with Gasteiger partial charge in [0.15, 0.2) is 11.4 Å². The van der Waals surface area contributed by atoms with Crippen LogP contribution >= 0.6 is 12.4 Å². The summed E-state index contributed by atoms with van der Waals surface area (Å²) in [4.78, 5) is 24.6. The molecule has 0 spiro atoms. The molecule has 3 heterocycles. The average Bonchev–Trinajstić information content (AvgIpc) is 2.89. The first kappa shape index (κ1) is 16.2. The molecule has 1 aliphatic heterocycles. The Hall–Kier alpha value is -1.66. The molecule has 3 N–H and O–H groups in total. The molecule has 124 valence electrons. The van der Waals surface area contributed by atoms with E-state index in [-0.39, 0.29) is 24.1 Å². The number of carbonyl (C=O) groups excluding carboxylic acids is 1. The molecule has 1 saturated carbocycles. The van der Waals surface area contributed by atoms with Crippen molar-refractivity contribution >= 4 is 35.2 Å². The summed E-state index contributed by atoms with van der Waals surface area (Å²) in [7, 11) is 0. The minimum Gasteiger partial charge on any atom is -0.366 e. The van der Waals surface area contributed by atoms with Gasteiger partial charge in [0.1, 0.15) is 11.3 Å². The lowest BCUT2D eigenvalue weighted by molar-refractivity contribution is 0.0857. The molecule has 0 bridgehead atoms. The largest absolute Gasteiger partial charge is 0.366 e. The van der Waals surface area contributed by atoms with E-state index < -0.39 is 0 Å². The van der Waals surface area contributed by atoms with Crippen LogP contribution in [-0.2, 0) is 0 Å². The number of nitrogens with zero attached hydrogens (tertiary/aromatic N) is 2. The van der Waals surface area contributed by atoms with E-state index in [9.17, 15) is 4.79 Å². The SMILES string of the molecule is Cl.O=C(c1c[nH]c2ncc(NC3CCNCC3)nc12)C1CCC1. The highest BCUT2D eigenvalue weighted by atomic mass is 35.5. The molecule has 0 radical (unpaired) electrons. The molecule has 7 heteroatoms. The maximum atomic E-state index is 12.5. The van der Waals surface area contributed by atoms with Gasteiger partial charge in [-0.1, -0.05) is 6.42 Å².